The molecule has 5 nitrogen and oxygen atoms in total. The number of ether oxygens (including phenoxy) is 1. The van der Waals surface area contributed by atoms with Gasteiger partial charge in [-0.25, -0.2) is 0 Å². The van der Waals surface area contributed by atoms with E-state index in [2.05, 4.69) is 11.4 Å². The van der Waals surface area contributed by atoms with Gasteiger partial charge in [0.25, 0.3) is 0 Å². The molecule has 1 amide bonds. The Balaban J connectivity index is 1.83. The number of hydrogen-bond donors (Lipinski definition) is 1. The summed E-state index contributed by atoms with van der Waals surface area (Å²) in [6.07, 6.45) is 2.16. The van der Waals surface area contributed by atoms with Crippen LogP contribution in [0.2, 0.25) is 0 Å². The maximum atomic E-state index is 12.1. The maximum Gasteiger partial charge on any atom is 0.221 e. The van der Waals surface area contributed by atoms with Gasteiger partial charge in [0.1, 0.15) is 11.3 Å². The molecule has 0 aliphatic heterocycles. The first kappa shape index (κ1) is 17.0. The summed E-state index contributed by atoms with van der Waals surface area (Å²) in [6.45, 7) is 4.22. The Morgan fingerprint density at radius 3 is 2.48 bits per heavy atom. The van der Waals surface area contributed by atoms with Gasteiger partial charge in [-0.2, -0.15) is 5.26 Å². The van der Waals surface area contributed by atoms with Crippen LogP contribution in [0.15, 0.2) is 24.3 Å². The summed E-state index contributed by atoms with van der Waals surface area (Å²) in [5.74, 6) is 0.614. The third-order valence-electron chi connectivity index (χ3n) is 4.09. The number of ketones is 1. The summed E-state index contributed by atoms with van der Waals surface area (Å²) in [5.41, 5.74) is -0.245. The third kappa shape index (κ3) is 4.56. The summed E-state index contributed by atoms with van der Waals surface area (Å²) in [6, 6.07) is 9.08. The number of nitriles is 1. The number of carbonyl (C=O) groups is 2. The second-order valence-corrected chi connectivity index (χ2v) is 6.02. The SMILES string of the molecule is CCOc1ccc(C(=O)CCC(=O)N[C@@](C)(C#N)C2CC2)cc1. The number of amides is 1. The van der Waals surface area contributed by atoms with Crippen LogP contribution in [-0.2, 0) is 4.79 Å². The largest absolute Gasteiger partial charge is 0.494 e. The van der Waals surface area contributed by atoms with E-state index in [-0.39, 0.29) is 30.4 Å². The summed E-state index contributed by atoms with van der Waals surface area (Å²) in [7, 11) is 0. The first-order valence-electron chi connectivity index (χ1n) is 7.97. The summed E-state index contributed by atoms with van der Waals surface area (Å²) in [4.78, 5) is 24.1. The molecule has 2 rings (SSSR count). The van der Waals surface area contributed by atoms with Gasteiger partial charge < -0.3 is 10.1 Å². The van der Waals surface area contributed by atoms with E-state index in [0.717, 1.165) is 18.6 Å². The number of nitrogens with one attached hydrogen (secondary N) is 1. The summed E-state index contributed by atoms with van der Waals surface area (Å²) < 4.78 is 5.33. The lowest BCUT2D eigenvalue weighted by Gasteiger charge is -2.22. The molecule has 0 aromatic heterocycles. The molecule has 23 heavy (non-hydrogen) atoms. The molecule has 1 aliphatic rings. The predicted molar refractivity (Wildman–Crippen MR) is 86.1 cm³/mol. The Hall–Kier alpha value is -2.35. The van der Waals surface area contributed by atoms with Gasteiger partial charge >= 0.3 is 0 Å². The zero-order chi connectivity index (χ0) is 16.9. The molecule has 0 bridgehead atoms. The molecule has 1 N–H and O–H groups in total. The van der Waals surface area contributed by atoms with E-state index in [4.69, 9.17) is 4.74 Å². The second-order valence-electron chi connectivity index (χ2n) is 6.02. The smallest absolute Gasteiger partial charge is 0.221 e. The fourth-order valence-corrected chi connectivity index (χ4v) is 2.51. The van der Waals surface area contributed by atoms with Gasteiger partial charge in [0.15, 0.2) is 5.78 Å². The number of nitrogens with zero attached hydrogens (tertiary/aromatic N) is 1. The average molecular weight is 314 g/mol. The predicted octanol–water partition coefficient (Wildman–Crippen LogP) is 2.86. The van der Waals surface area contributed by atoms with Gasteiger partial charge in [0, 0.05) is 18.4 Å². The Morgan fingerprint density at radius 1 is 1.30 bits per heavy atom. The molecule has 5 heteroatoms. The Bertz CT molecular complexity index is 614. The van der Waals surface area contributed by atoms with Crippen LogP contribution in [0.4, 0.5) is 0 Å². The molecule has 0 unspecified atom stereocenters. The quantitative estimate of drug-likeness (QED) is 0.748. The molecular formula is C18H22N2O3. The van der Waals surface area contributed by atoms with E-state index in [1.807, 2.05) is 6.92 Å². The van der Waals surface area contributed by atoms with E-state index in [1.54, 1.807) is 31.2 Å². The van der Waals surface area contributed by atoms with Crippen LogP contribution in [0.1, 0.15) is 49.9 Å². The molecule has 1 atom stereocenters. The van der Waals surface area contributed by atoms with Crippen molar-refractivity contribution in [3.63, 3.8) is 0 Å². The highest BCUT2D eigenvalue weighted by Crippen LogP contribution is 2.39. The Morgan fingerprint density at radius 2 is 1.96 bits per heavy atom. The minimum atomic E-state index is -0.806. The zero-order valence-electron chi connectivity index (χ0n) is 13.6. The number of carbonyl (C=O) groups excluding carboxylic acids is 2. The van der Waals surface area contributed by atoms with Crippen LogP contribution < -0.4 is 10.1 Å². The number of rotatable bonds is 8. The van der Waals surface area contributed by atoms with E-state index in [0.29, 0.717) is 12.2 Å². The highest BCUT2D eigenvalue weighted by molar-refractivity contribution is 5.98. The fraction of sp³-hybridized carbons (Fsp3) is 0.500. The third-order valence-corrected chi connectivity index (χ3v) is 4.09. The van der Waals surface area contributed by atoms with Crippen LogP contribution in [0.5, 0.6) is 5.75 Å². The second kappa shape index (κ2) is 7.28. The van der Waals surface area contributed by atoms with Gasteiger partial charge in [0.05, 0.1) is 12.7 Å². The van der Waals surface area contributed by atoms with Crippen molar-refractivity contribution in [2.24, 2.45) is 5.92 Å². The van der Waals surface area contributed by atoms with Crippen molar-refractivity contribution >= 4 is 11.7 Å². The minimum absolute atomic E-state index is 0.0896. The molecule has 1 aromatic carbocycles. The average Bonchev–Trinajstić information content (AvgIpc) is 3.39. The Labute approximate surface area is 136 Å². The molecular weight excluding hydrogens is 292 g/mol. The lowest BCUT2D eigenvalue weighted by molar-refractivity contribution is -0.122. The highest BCUT2D eigenvalue weighted by Gasteiger charge is 2.42. The standard InChI is InChI=1S/C18H22N2O3/c1-3-23-15-8-4-13(5-9-15)16(21)10-11-17(22)20-18(2,12-19)14-6-7-14/h4-5,8-9,14H,3,6-7,10-11H2,1-2H3,(H,20,22)/t18-/m0/s1. The van der Waals surface area contributed by atoms with Crippen LogP contribution in [-0.4, -0.2) is 23.8 Å². The molecule has 1 fully saturated rings. The minimum Gasteiger partial charge on any atom is -0.494 e. The summed E-state index contributed by atoms with van der Waals surface area (Å²) >= 11 is 0. The Kier molecular flexibility index (Phi) is 5.38. The molecule has 0 saturated heterocycles. The van der Waals surface area contributed by atoms with Gasteiger partial charge in [-0.15, -0.1) is 0 Å². The van der Waals surface area contributed by atoms with Crippen molar-refractivity contribution in [2.45, 2.75) is 45.1 Å². The van der Waals surface area contributed by atoms with E-state index in [1.165, 1.54) is 0 Å². The molecule has 1 aromatic rings. The van der Waals surface area contributed by atoms with Crippen molar-refractivity contribution < 1.29 is 14.3 Å². The highest BCUT2D eigenvalue weighted by atomic mass is 16.5. The fourth-order valence-electron chi connectivity index (χ4n) is 2.51. The number of benzene rings is 1. The van der Waals surface area contributed by atoms with Crippen molar-refractivity contribution in [3.8, 4) is 11.8 Å². The van der Waals surface area contributed by atoms with E-state index >= 15 is 0 Å². The van der Waals surface area contributed by atoms with Gasteiger partial charge in [-0.3, -0.25) is 9.59 Å². The van der Waals surface area contributed by atoms with Crippen LogP contribution in [0.3, 0.4) is 0 Å². The van der Waals surface area contributed by atoms with Crippen LogP contribution in [0, 0.1) is 17.2 Å². The summed E-state index contributed by atoms with van der Waals surface area (Å²) in [5, 5.41) is 12.0. The topological polar surface area (TPSA) is 79.2 Å². The van der Waals surface area contributed by atoms with Crippen LogP contribution in [0.25, 0.3) is 0 Å². The molecule has 0 radical (unpaired) electrons. The van der Waals surface area contributed by atoms with E-state index in [9.17, 15) is 14.9 Å². The molecule has 1 saturated carbocycles. The first-order valence-corrected chi connectivity index (χ1v) is 7.97. The lowest BCUT2D eigenvalue weighted by Crippen LogP contribution is -2.46. The van der Waals surface area contributed by atoms with Crippen LogP contribution >= 0.6 is 0 Å². The molecule has 1 aliphatic carbocycles. The molecule has 0 heterocycles. The van der Waals surface area contributed by atoms with Gasteiger partial charge in [-0.1, -0.05) is 0 Å². The molecule has 122 valence electrons. The maximum absolute atomic E-state index is 12.1. The number of hydrogen-bond acceptors (Lipinski definition) is 4. The van der Waals surface area contributed by atoms with Crippen molar-refractivity contribution in [2.75, 3.05) is 6.61 Å². The van der Waals surface area contributed by atoms with E-state index < -0.39 is 5.54 Å². The molecule has 0 spiro atoms. The van der Waals surface area contributed by atoms with Gasteiger partial charge in [-0.05, 0) is 56.9 Å². The first-order chi connectivity index (χ1) is 11.0. The van der Waals surface area contributed by atoms with Crippen molar-refractivity contribution in [1.82, 2.24) is 5.32 Å². The lowest BCUT2D eigenvalue weighted by atomic mass is 9.97. The number of Topliss-reactive ketones (excluding diaryl/α,β-unsaturated/α-hetero) is 1. The van der Waals surface area contributed by atoms with Crippen molar-refractivity contribution in [1.29, 1.82) is 5.26 Å². The monoisotopic (exact) mass is 314 g/mol. The van der Waals surface area contributed by atoms with Gasteiger partial charge in [0.2, 0.25) is 5.91 Å². The zero-order valence-corrected chi connectivity index (χ0v) is 13.6. The van der Waals surface area contributed by atoms with Crippen molar-refractivity contribution in [3.05, 3.63) is 29.8 Å². The normalized spacial score (nSPS) is 16.0.